The van der Waals surface area contributed by atoms with Crippen molar-refractivity contribution in [2.24, 2.45) is 5.73 Å². The number of nitrogens with zero attached hydrogens (tertiary/aromatic N) is 2. The molecule has 132 valence electrons. The van der Waals surface area contributed by atoms with E-state index in [1.807, 2.05) is 31.4 Å². The van der Waals surface area contributed by atoms with Crippen LogP contribution in [0.2, 0.25) is 0 Å². The fraction of sp³-hybridized carbons (Fsp3) is 0.158. The summed E-state index contributed by atoms with van der Waals surface area (Å²) in [5, 5.41) is 5.05. The lowest BCUT2D eigenvalue weighted by Gasteiger charge is -2.13. The third-order valence-corrected chi connectivity index (χ3v) is 4.89. The largest absolute Gasteiger partial charge is 0.366 e. The Bertz CT molecular complexity index is 1010. The lowest BCUT2D eigenvalue weighted by molar-refractivity contribution is 0.0976. The predicted molar refractivity (Wildman–Crippen MR) is 102 cm³/mol. The Morgan fingerprint density at radius 3 is 2.54 bits per heavy atom. The molecule has 1 aromatic carbocycles. The SMILES string of the molecule is Cc1csc(NC(=O)c2cc(-c3cnccc3C)cc(C)c2C(N)=O)n1. The molecule has 6 nitrogen and oxygen atoms in total. The lowest BCUT2D eigenvalue weighted by atomic mass is 9.93. The van der Waals surface area contributed by atoms with Crippen molar-refractivity contribution in [3.8, 4) is 11.1 Å². The van der Waals surface area contributed by atoms with Crippen LogP contribution in [0.1, 0.15) is 37.5 Å². The van der Waals surface area contributed by atoms with E-state index in [0.717, 1.165) is 22.4 Å². The fourth-order valence-corrected chi connectivity index (χ4v) is 3.47. The van der Waals surface area contributed by atoms with Crippen LogP contribution in [0.15, 0.2) is 36.0 Å². The molecule has 0 atom stereocenters. The van der Waals surface area contributed by atoms with Gasteiger partial charge in [-0.25, -0.2) is 4.98 Å². The molecule has 0 fully saturated rings. The maximum Gasteiger partial charge on any atom is 0.258 e. The Morgan fingerprint density at radius 1 is 1.15 bits per heavy atom. The number of carbonyl (C=O) groups is 2. The van der Waals surface area contributed by atoms with E-state index in [0.29, 0.717) is 10.7 Å². The molecule has 3 rings (SSSR count). The van der Waals surface area contributed by atoms with Gasteiger partial charge in [-0.15, -0.1) is 11.3 Å². The van der Waals surface area contributed by atoms with Gasteiger partial charge in [-0.2, -0.15) is 0 Å². The van der Waals surface area contributed by atoms with Gasteiger partial charge in [0, 0.05) is 23.3 Å². The van der Waals surface area contributed by atoms with Crippen LogP contribution in [0, 0.1) is 20.8 Å². The molecular formula is C19H18N4O2S. The topological polar surface area (TPSA) is 98.0 Å². The van der Waals surface area contributed by atoms with Crippen molar-refractivity contribution in [1.82, 2.24) is 9.97 Å². The van der Waals surface area contributed by atoms with E-state index < -0.39 is 11.8 Å². The maximum atomic E-state index is 12.8. The summed E-state index contributed by atoms with van der Waals surface area (Å²) >= 11 is 1.32. The maximum absolute atomic E-state index is 12.8. The van der Waals surface area contributed by atoms with Crippen LogP contribution in [0.25, 0.3) is 11.1 Å². The number of amides is 2. The Kier molecular flexibility index (Phi) is 4.81. The summed E-state index contributed by atoms with van der Waals surface area (Å²) in [5.74, 6) is -1.06. The van der Waals surface area contributed by atoms with Gasteiger partial charge in [-0.3, -0.25) is 19.9 Å². The van der Waals surface area contributed by atoms with Crippen LogP contribution in [0.4, 0.5) is 5.13 Å². The first-order valence-electron chi connectivity index (χ1n) is 7.95. The van der Waals surface area contributed by atoms with Gasteiger partial charge in [0.05, 0.1) is 16.8 Å². The number of rotatable bonds is 4. The molecule has 0 aliphatic rings. The fourth-order valence-electron chi connectivity index (χ4n) is 2.79. The summed E-state index contributed by atoms with van der Waals surface area (Å²) in [6.45, 7) is 5.57. The lowest BCUT2D eigenvalue weighted by Crippen LogP contribution is -2.22. The van der Waals surface area contributed by atoms with Gasteiger partial charge in [-0.1, -0.05) is 6.07 Å². The van der Waals surface area contributed by atoms with Gasteiger partial charge < -0.3 is 5.73 Å². The summed E-state index contributed by atoms with van der Waals surface area (Å²) in [5.41, 5.74) is 10.1. The third kappa shape index (κ3) is 3.48. The first-order chi connectivity index (χ1) is 12.4. The zero-order chi connectivity index (χ0) is 18.8. The summed E-state index contributed by atoms with van der Waals surface area (Å²) in [4.78, 5) is 33.1. The highest BCUT2D eigenvalue weighted by atomic mass is 32.1. The van der Waals surface area contributed by atoms with E-state index in [9.17, 15) is 9.59 Å². The van der Waals surface area contributed by atoms with E-state index in [2.05, 4.69) is 15.3 Å². The number of hydrogen-bond acceptors (Lipinski definition) is 5. The molecule has 0 spiro atoms. The molecule has 2 amide bonds. The zero-order valence-corrected chi connectivity index (χ0v) is 15.5. The van der Waals surface area contributed by atoms with Crippen molar-refractivity contribution in [3.05, 3.63) is 63.9 Å². The van der Waals surface area contributed by atoms with E-state index >= 15 is 0 Å². The minimum Gasteiger partial charge on any atom is -0.366 e. The minimum atomic E-state index is -0.641. The van der Waals surface area contributed by atoms with Gasteiger partial charge in [0.25, 0.3) is 5.91 Å². The number of primary amides is 1. The molecule has 0 unspecified atom stereocenters. The number of carbonyl (C=O) groups excluding carboxylic acids is 2. The molecule has 0 aliphatic heterocycles. The molecule has 26 heavy (non-hydrogen) atoms. The van der Waals surface area contributed by atoms with Crippen molar-refractivity contribution in [1.29, 1.82) is 0 Å². The number of thiazole rings is 1. The van der Waals surface area contributed by atoms with Crippen LogP contribution in [-0.4, -0.2) is 21.8 Å². The average Bonchev–Trinajstić information content (AvgIpc) is 2.99. The summed E-state index contributed by atoms with van der Waals surface area (Å²) in [6, 6.07) is 5.41. The number of anilines is 1. The number of aromatic nitrogens is 2. The molecule has 2 heterocycles. The standard InChI is InChI=1S/C19H18N4O2S/c1-10-4-5-21-8-15(10)13-6-11(2)16(17(20)24)14(7-13)18(25)23-19-22-12(3)9-26-19/h4-9H,1-3H3,(H2,20,24)(H,22,23,25). The summed E-state index contributed by atoms with van der Waals surface area (Å²) in [6.07, 6.45) is 3.45. The Labute approximate surface area is 155 Å². The second-order valence-electron chi connectivity index (χ2n) is 6.02. The number of nitrogens with one attached hydrogen (secondary N) is 1. The molecule has 0 aliphatic carbocycles. The first kappa shape index (κ1) is 17.8. The molecule has 3 N–H and O–H groups in total. The van der Waals surface area contributed by atoms with Crippen LogP contribution < -0.4 is 11.1 Å². The average molecular weight is 366 g/mol. The second-order valence-corrected chi connectivity index (χ2v) is 6.88. The van der Waals surface area contributed by atoms with Crippen LogP contribution in [0.5, 0.6) is 0 Å². The molecule has 2 aromatic heterocycles. The zero-order valence-electron chi connectivity index (χ0n) is 14.7. The van der Waals surface area contributed by atoms with E-state index in [4.69, 9.17) is 5.73 Å². The van der Waals surface area contributed by atoms with Gasteiger partial charge in [-0.05, 0) is 49.6 Å². The number of hydrogen-bond donors (Lipinski definition) is 2. The van der Waals surface area contributed by atoms with Crippen molar-refractivity contribution >= 4 is 28.3 Å². The van der Waals surface area contributed by atoms with Gasteiger partial charge >= 0.3 is 0 Å². The number of pyridine rings is 1. The molecular weight excluding hydrogens is 348 g/mol. The van der Waals surface area contributed by atoms with Gasteiger partial charge in [0.15, 0.2) is 5.13 Å². The highest BCUT2D eigenvalue weighted by Gasteiger charge is 2.20. The number of benzene rings is 1. The first-order valence-corrected chi connectivity index (χ1v) is 8.83. The molecule has 7 heteroatoms. The van der Waals surface area contributed by atoms with E-state index in [1.165, 1.54) is 11.3 Å². The molecule has 3 aromatic rings. The highest BCUT2D eigenvalue weighted by Crippen LogP contribution is 2.28. The van der Waals surface area contributed by atoms with Gasteiger partial charge in [0.2, 0.25) is 5.91 Å². The predicted octanol–water partition coefficient (Wildman–Crippen LogP) is 3.48. The van der Waals surface area contributed by atoms with E-state index in [-0.39, 0.29) is 11.1 Å². The van der Waals surface area contributed by atoms with Crippen LogP contribution >= 0.6 is 11.3 Å². The molecule has 0 saturated carbocycles. The van der Waals surface area contributed by atoms with Crippen molar-refractivity contribution in [2.75, 3.05) is 5.32 Å². The Morgan fingerprint density at radius 2 is 1.92 bits per heavy atom. The minimum absolute atomic E-state index is 0.209. The van der Waals surface area contributed by atoms with E-state index in [1.54, 1.807) is 25.4 Å². The Balaban J connectivity index is 2.11. The Hall–Kier alpha value is -3.06. The van der Waals surface area contributed by atoms with Crippen LogP contribution in [-0.2, 0) is 0 Å². The molecule has 0 saturated heterocycles. The van der Waals surface area contributed by atoms with Crippen LogP contribution in [0.3, 0.4) is 0 Å². The third-order valence-electron chi connectivity index (χ3n) is 4.02. The molecule has 0 radical (unpaired) electrons. The van der Waals surface area contributed by atoms with Crippen molar-refractivity contribution in [2.45, 2.75) is 20.8 Å². The monoisotopic (exact) mass is 366 g/mol. The number of aryl methyl sites for hydroxylation is 3. The normalized spacial score (nSPS) is 10.6. The second kappa shape index (κ2) is 7.05. The number of nitrogens with two attached hydrogens (primary N) is 1. The summed E-state index contributed by atoms with van der Waals surface area (Å²) < 4.78 is 0. The smallest absolute Gasteiger partial charge is 0.258 e. The van der Waals surface area contributed by atoms with Crippen molar-refractivity contribution < 1.29 is 9.59 Å². The highest BCUT2D eigenvalue weighted by molar-refractivity contribution is 7.13. The molecule has 0 bridgehead atoms. The summed E-state index contributed by atoms with van der Waals surface area (Å²) in [7, 11) is 0. The van der Waals surface area contributed by atoms with Crippen molar-refractivity contribution in [3.63, 3.8) is 0 Å². The quantitative estimate of drug-likeness (QED) is 0.738. The van der Waals surface area contributed by atoms with Gasteiger partial charge in [0.1, 0.15) is 0 Å².